The van der Waals surface area contributed by atoms with Gasteiger partial charge in [0.15, 0.2) is 11.5 Å². The van der Waals surface area contributed by atoms with Crippen molar-refractivity contribution in [1.29, 1.82) is 0 Å². The number of methoxy groups -OCH3 is 1. The van der Waals surface area contributed by atoms with Crippen molar-refractivity contribution >= 4 is 12.0 Å². The number of amides is 1. The van der Waals surface area contributed by atoms with E-state index in [2.05, 4.69) is 36.1 Å². The van der Waals surface area contributed by atoms with Crippen molar-refractivity contribution in [1.82, 2.24) is 15.4 Å². The number of carbonyl (C=O) groups is 1. The molecule has 1 aliphatic rings. The first-order chi connectivity index (χ1) is 16.3. The van der Waals surface area contributed by atoms with E-state index in [0.717, 1.165) is 41.6 Å². The number of aromatic nitrogens is 1. The van der Waals surface area contributed by atoms with E-state index < -0.39 is 0 Å². The van der Waals surface area contributed by atoms with E-state index in [1.807, 2.05) is 32.0 Å². The van der Waals surface area contributed by atoms with Crippen molar-refractivity contribution in [2.45, 2.75) is 60.1 Å². The molecule has 1 amide bonds. The molecule has 3 rings (SSSR count). The van der Waals surface area contributed by atoms with E-state index in [0.29, 0.717) is 36.6 Å². The van der Waals surface area contributed by atoms with E-state index in [4.69, 9.17) is 14.0 Å². The molecule has 1 atom stereocenters. The maximum Gasteiger partial charge on any atom is 0.244 e. The van der Waals surface area contributed by atoms with Gasteiger partial charge >= 0.3 is 0 Å². The number of rotatable bonds is 10. The molecular weight excluding hydrogens is 430 g/mol. The van der Waals surface area contributed by atoms with Gasteiger partial charge in [-0.15, -0.1) is 0 Å². The van der Waals surface area contributed by atoms with Gasteiger partial charge in [0.2, 0.25) is 5.91 Å². The molecule has 1 saturated heterocycles. The first-order valence-corrected chi connectivity index (χ1v) is 12.2. The zero-order valence-electron chi connectivity index (χ0n) is 21.4. The number of likely N-dealkylation sites (tertiary alicyclic amines) is 1. The average molecular weight is 470 g/mol. The molecule has 1 fully saturated rings. The van der Waals surface area contributed by atoms with Crippen LogP contribution in [0.2, 0.25) is 0 Å². The summed E-state index contributed by atoms with van der Waals surface area (Å²) >= 11 is 0. The molecule has 186 valence electrons. The number of benzene rings is 1. The van der Waals surface area contributed by atoms with Crippen LogP contribution in [0.1, 0.15) is 56.2 Å². The van der Waals surface area contributed by atoms with Gasteiger partial charge in [0.1, 0.15) is 12.4 Å². The summed E-state index contributed by atoms with van der Waals surface area (Å²) in [5.74, 6) is 3.17. The Morgan fingerprint density at radius 3 is 2.62 bits per heavy atom. The predicted octanol–water partition coefficient (Wildman–Crippen LogP) is 4.76. The summed E-state index contributed by atoms with van der Waals surface area (Å²) in [4.78, 5) is 15.0. The largest absolute Gasteiger partial charge is 0.493 e. The molecule has 0 unspecified atom stereocenters. The fraction of sp³-hybridized carbons (Fsp3) is 0.556. The third-order valence-corrected chi connectivity index (χ3v) is 6.71. The van der Waals surface area contributed by atoms with Crippen molar-refractivity contribution in [3.8, 4) is 11.5 Å². The highest BCUT2D eigenvalue weighted by Crippen LogP contribution is 2.30. The van der Waals surface area contributed by atoms with Crippen LogP contribution < -0.4 is 14.8 Å². The Bertz CT molecular complexity index is 955. The fourth-order valence-electron chi connectivity index (χ4n) is 4.35. The third-order valence-electron chi connectivity index (χ3n) is 6.71. The van der Waals surface area contributed by atoms with Crippen LogP contribution in [0, 0.1) is 25.7 Å². The van der Waals surface area contributed by atoms with E-state index in [9.17, 15) is 4.79 Å². The van der Waals surface area contributed by atoms with Crippen molar-refractivity contribution < 1.29 is 18.8 Å². The Morgan fingerprint density at radius 1 is 1.26 bits per heavy atom. The lowest BCUT2D eigenvalue weighted by molar-refractivity contribution is -0.116. The second-order valence-electron chi connectivity index (χ2n) is 9.61. The zero-order valence-corrected chi connectivity index (χ0v) is 21.4. The maximum absolute atomic E-state index is 12.5. The van der Waals surface area contributed by atoms with Crippen LogP contribution in [0.4, 0.5) is 0 Å². The molecule has 0 radical (unpaired) electrons. The molecule has 1 N–H and O–H groups in total. The summed E-state index contributed by atoms with van der Waals surface area (Å²) in [7, 11) is 1.60. The molecule has 0 spiro atoms. The highest BCUT2D eigenvalue weighted by Gasteiger charge is 2.25. The number of aryl methyl sites for hydroxylation is 2. The first kappa shape index (κ1) is 25.8. The Hall–Kier alpha value is -2.80. The maximum atomic E-state index is 12.5. The first-order valence-electron chi connectivity index (χ1n) is 12.2. The highest BCUT2D eigenvalue weighted by molar-refractivity contribution is 5.91. The van der Waals surface area contributed by atoms with Crippen molar-refractivity contribution in [3.05, 3.63) is 46.9 Å². The number of hydrogen-bond donors (Lipinski definition) is 1. The molecule has 7 heteroatoms. The van der Waals surface area contributed by atoms with Gasteiger partial charge in [-0.2, -0.15) is 0 Å². The molecule has 1 aromatic heterocycles. The van der Waals surface area contributed by atoms with E-state index >= 15 is 0 Å². The normalized spacial score (nSPS) is 16.2. The zero-order chi connectivity index (χ0) is 24.7. The van der Waals surface area contributed by atoms with Gasteiger partial charge in [-0.1, -0.05) is 32.0 Å². The van der Waals surface area contributed by atoms with Crippen LogP contribution in [-0.4, -0.2) is 48.7 Å². The fourth-order valence-corrected chi connectivity index (χ4v) is 4.35. The monoisotopic (exact) mass is 469 g/mol. The minimum atomic E-state index is -0.0891. The molecule has 0 bridgehead atoms. The van der Waals surface area contributed by atoms with Gasteiger partial charge in [-0.3, -0.25) is 9.69 Å². The summed E-state index contributed by atoms with van der Waals surface area (Å²) in [6.07, 6.45) is 5.84. The Labute approximate surface area is 203 Å². The topological polar surface area (TPSA) is 76.8 Å². The molecule has 2 heterocycles. The van der Waals surface area contributed by atoms with Crippen LogP contribution in [0.15, 0.2) is 28.8 Å². The van der Waals surface area contributed by atoms with Gasteiger partial charge in [0.05, 0.1) is 18.4 Å². The summed E-state index contributed by atoms with van der Waals surface area (Å²) in [5, 5.41) is 7.05. The van der Waals surface area contributed by atoms with Crippen LogP contribution in [-0.2, 0) is 11.4 Å². The van der Waals surface area contributed by atoms with Crippen LogP contribution >= 0.6 is 0 Å². The smallest absolute Gasteiger partial charge is 0.244 e. The molecule has 2 aromatic rings. The minimum absolute atomic E-state index is 0.0891. The van der Waals surface area contributed by atoms with E-state index in [1.54, 1.807) is 19.3 Å². The second-order valence-corrected chi connectivity index (χ2v) is 9.61. The number of nitrogens with zero attached hydrogens (tertiary/aromatic N) is 2. The summed E-state index contributed by atoms with van der Waals surface area (Å²) in [5.41, 5.74) is 2.61. The summed E-state index contributed by atoms with van der Waals surface area (Å²) in [6, 6.07) is 5.97. The van der Waals surface area contributed by atoms with Gasteiger partial charge in [0.25, 0.3) is 0 Å². The second kappa shape index (κ2) is 12.1. The van der Waals surface area contributed by atoms with E-state index in [1.165, 1.54) is 12.8 Å². The number of piperidine rings is 1. The van der Waals surface area contributed by atoms with Crippen LogP contribution in [0.25, 0.3) is 6.08 Å². The number of nitrogens with one attached hydrogen (secondary N) is 1. The summed E-state index contributed by atoms with van der Waals surface area (Å²) < 4.78 is 16.6. The van der Waals surface area contributed by atoms with Gasteiger partial charge in [0, 0.05) is 18.7 Å². The van der Waals surface area contributed by atoms with Gasteiger partial charge < -0.3 is 19.3 Å². The lowest BCUT2D eigenvalue weighted by Crippen LogP contribution is -2.49. The van der Waals surface area contributed by atoms with Crippen molar-refractivity contribution in [2.24, 2.45) is 11.8 Å². The molecular formula is C27H39N3O4. The molecule has 34 heavy (non-hydrogen) atoms. The van der Waals surface area contributed by atoms with Crippen LogP contribution in [0.3, 0.4) is 0 Å². The predicted molar refractivity (Wildman–Crippen MR) is 134 cm³/mol. The molecule has 1 aliphatic heterocycles. The number of ether oxygens (including phenoxy) is 2. The SMILES string of the molecule is COc1cc(/C=C/C(=O)NC[C@H](C(C)C)N2CCC(C)CC2)ccc1OCc1c(C)noc1C. The van der Waals surface area contributed by atoms with Gasteiger partial charge in [-0.05, 0) is 75.4 Å². The summed E-state index contributed by atoms with van der Waals surface area (Å²) in [6.45, 7) is 13.8. The van der Waals surface area contributed by atoms with E-state index in [-0.39, 0.29) is 5.91 Å². The highest BCUT2D eigenvalue weighted by atomic mass is 16.5. The quantitative estimate of drug-likeness (QED) is 0.506. The lowest BCUT2D eigenvalue weighted by Gasteiger charge is -2.38. The lowest BCUT2D eigenvalue weighted by atomic mass is 9.94. The Balaban J connectivity index is 1.56. The molecule has 1 aromatic carbocycles. The molecule has 0 saturated carbocycles. The molecule has 0 aliphatic carbocycles. The molecule has 7 nitrogen and oxygen atoms in total. The van der Waals surface area contributed by atoms with Crippen LogP contribution in [0.5, 0.6) is 11.5 Å². The minimum Gasteiger partial charge on any atom is -0.493 e. The van der Waals surface area contributed by atoms with Gasteiger partial charge in [-0.25, -0.2) is 0 Å². The Morgan fingerprint density at radius 2 is 2.00 bits per heavy atom. The average Bonchev–Trinajstić information content (AvgIpc) is 3.14. The number of hydrogen-bond acceptors (Lipinski definition) is 6. The number of carbonyl (C=O) groups excluding carboxylic acids is 1. The van der Waals surface area contributed by atoms with Crippen molar-refractivity contribution in [3.63, 3.8) is 0 Å². The van der Waals surface area contributed by atoms with Crippen molar-refractivity contribution in [2.75, 3.05) is 26.7 Å². The third kappa shape index (κ3) is 6.86. The Kier molecular flexibility index (Phi) is 9.16. The standard InChI is InChI=1S/C27H39N3O4/c1-18(2)24(30-13-11-19(3)12-14-30)16-28-27(31)10-8-22-7-9-25(26(15-22)32-6)33-17-23-20(4)29-34-21(23)5/h7-10,15,18-19,24H,11-14,16-17H2,1-6H3,(H,28,31)/b10-8+/t24-/m1/s1.